The second kappa shape index (κ2) is 3.56. The van der Waals surface area contributed by atoms with Gasteiger partial charge in [0.1, 0.15) is 13.1 Å². The van der Waals surface area contributed by atoms with Gasteiger partial charge in [-0.3, -0.25) is 0 Å². The van der Waals surface area contributed by atoms with Gasteiger partial charge in [0.2, 0.25) is 0 Å². The monoisotopic (exact) mass is 230 g/mol. The summed E-state index contributed by atoms with van der Waals surface area (Å²) in [5.41, 5.74) is 2.12. The molecule has 4 bridgehead atoms. The highest BCUT2D eigenvalue weighted by atomic mass is 15.3. The van der Waals surface area contributed by atoms with Crippen LogP contribution in [0, 0.1) is 5.92 Å². The molecular weight excluding hydrogens is 208 g/mol. The maximum absolute atomic E-state index is 2.37. The average molecular weight is 230 g/mol. The van der Waals surface area contributed by atoms with E-state index in [1.807, 2.05) is 9.80 Å². The Balaban J connectivity index is 1.78. The highest BCUT2D eigenvalue weighted by Crippen LogP contribution is 2.33. The molecule has 5 rings (SSSR count). The number of hydrogen-bond donors (Lipinski definition) is 2. The fraction of sp³-hybridized carbons (Fsp3) is 0.600. The SMILES string of the molecule is c1ccc(C23CC4C[NH+](CC[NH+](C4)C2)C3)cc1. The summed E-state index contributed by atoms with van der Waals surface area (Å²) in [6.07, 6.45) is 1.45. The molecule has 0 amide bonds. The van der Waals surface area contributed by atoms with Crippen molar-refractivity contribution in [1.82, 2.24) is 0 Å². The third kappa shape index (κ3) is 1.54. The molecule has 0 spiro atoms. The van der Waals surface area contributed by atoms with Crippen molar-refractivity contribution in [2.45, 2.75) is 11.8 Å². The number of fused-ring (bicyclic) bond motifs is 1. The van der Waals surface area contributed by atoms with Crippen LogP contribution in [-0.4, -0.2) is 39.3 Å². The van der Waals surface area contributed by atoms with Gasteiger partial charge in [0, 0.05) is 0 Å². The number of benzene rings is 1. The van der Waals surface area contributed by atoms with Crippen molar-refractivity contribution in [2.75, 3.05) is 39.3 Å². The van der Waals surface area contributed by atoms with Crippen LogP contribution in [0.2, 0.25) is 0 Å². The summed E-state index contributed by atoms with van der Waals surface area (Å²) in [5.74, 6) is 0.977. The maximum Gasteiger partial charge on any atom is 0.127 e. The fourth-order valence-corrected chi connectivity index (χ4v) is 4.74. The van der Waals surface area contributed by atoms with E-state index in [2.05, 4.69) is 30.3 Å². The zero-order valence-electron chi connectivity index (χ0n) is 10.4. The van der Waals surface area contributed by atoms with E-state index in [-0.39, 0.29) is 0 Å². The topological polar surface area (TPSA) is 8.88 Å². The number of nitrogens with one attached hydrogen (secondary N) is 2. The fourth-order valence-electron chi connectivity index (χ4n) is 4.74. The predicted octanol–water partition coefficient (Wildman–Crippen LogP) is -1.26. The second-order valence-corrected chi connectivity index (χ2v) is 6.48. The molecule has 0 saturated carbocycles. The first kappa shape index (κ1) is 10.1. The summed E-state index contributed by atoms with van der Waals surface area (Å²) in [7, 11) is 0. The van der Waals surface area contributed by atoms with E-state index in [1.165, 1.54) is 45.7 Å². The van der Waals surface area contributed by atoms with Gasteiger partial charge in [-0.2, -0.15) is 0 Å². The van der Waals surface area contributed by atoms with E-state index in [9.17, 15) is 0 Å². The number of quaternary nitrogens is 2. The Morgan fingerprint density at radius 2 is 1.59 bits per heavy atom. The van der Waals surface area contributed by atoms with Crippen molar-refractivity contribution in [2.24, 2.45) is 5.92 Å². The van der Waals surface area contributed by atoms with Gasteiger partial charge in [-0.25, -0.2) is 0 Å². The van der Waals surface area contributed by atoms with Gasteiger partial charge in [-0.1, -0.05) is 30.3 Å². The first-order valence-corrected chi connectivity index (χ1v) is 7.07. The summed E-state index contributed by atoms with van der Waals surface area (Å²) in [4.78, 5) is 3.75. The van der Waals surface area contributed by atoms with Crippen molar-refractivity contribution in [3.63, 3.8) is 0 Å². The molecule has 90 valence electrons. The molecule has 2 heteroatoms. The molecule has 0 aromatic heterocycles. The molecular formula is C15H22N2+2. The van der Waals surface area contributed by atoms with E-state index in [0.717, 1.165) is 5.92 Å². The normalized spacial score (nSPS) is 43.6. The lowest BCUT2D eigenvalue weighted by molar-refractivity contribution is -0.918. The molecule has 2 nitrogen and oxygen atoms in total. The molecule has 1 aromatic carbocycles. The Hall–Kier alpha value is -0.860. The van der Waals surface area contributed by atoms with Gasteiger partial charge < -0.3 is 9.80 Å². The summed E-state index contributed by atoms with van der Waals surface area (Å²) < 4.78 is 0. The van der Waals surface area contributed by atoms with Crippen LogP contribution in [0.4, 0.5) is 0 Å². The molecule has 1 aromatic rings. The van der Waals surface area contributed by atoms with Gasteiger partial charge in [0.25, 0.3) is 0 Å². The van der Waals surface area contributed by atoms with E-state index < -0.39 is 0 Å². The quantitative estimate of drug-likeness (QED) is 0.596. The molecule has 17 heavy (non-hydrogen) atoms. The van der Waals surface area contributed by atoms with E-state index in [0.29, 0.717) is 5.41 Å². The van der Waals surface area contributed by atoms with Crippen molar-refractivity contribution in [3.05, 3.63) is 35.9 Å². The zero-order valence-corrected chi connectivity index (χ0v) is 10.4. The Kier molecular flexibility index (Phi) is 2.12. The van der Waals surface area contributed by atoms with Crippen LogP contribution in [0.15, 0.2) is 30.3 Å². The molecule has 4 heterocycles. The summed E-state index contributed by atoms with van der Waals surface area (Å²) in [6, 6.07) is 11.3. The third-order valence-electron chi connectivity index (χ3n) is 5.23. The van der Waals surface area contributed by atoms with Crippen molar-refractivity contribution in [3.8, 4) is 0 Å². The minimum Gasteiger partial charge on any atom is -0.329 e. The smallest absolute Gasteiger partial charge is 0.127 e. The van der Waals surface area contributed by atoms with Crippen LogP contribution in [-0.2, 0) is 5.41 Å². The number of rotatable bonds is 1. The molecule has 4 aliphatic heterocycles. The van der Waals surface area contributed by atoms with Crippen molar-refractivity contribution in [1.29, 1.82) is 0 Å². The minimum atomic E-state index is 0.504. The lowest BCUT2D eigenvalue weighted by Crippen LogP contribution is -3.16. The first-order valence-electron chi connectivity index (χ1n) is 7.07. The molecule has 4 saturated heterocycles. The van der Waals surface area contributed by atoms with E-state index >= 15 is 0 Å². The molecule has 2 atom stereocenters. The van der Waals surface area contributed by atoms with Gasteiger partial charge in [0.05, 0.1) is 37.5 Å². The summed E-state index contributed by atoms with van der Waals surface area (Å²) >= 11 is 0. The van der Waals surface area contributed by atoms with E-state index in [4.69, 9.17) is 0 Å². The summed E-state index contributed by atoms with van der Waals surface area (Å²) in [6.45, 7) is 8.46. The molecule has 0 aliphatic carbocycles. The van der Waals surface area contributed by atoms with Crippen LogP contribution in [0.3, 0.4) is 0 Å². The molecule has 2 N–H and O–H groups in total. The minimum absolute atomic E-state index is 0.504. The molecule has 4 aliphatic rings. The Morgan fingerprint density at radius 3 is 2.24 bits per heavy atom. The van der Waals surface area contributed by atoms with Crippen molar-refractivity contribution >= 4 is 0 Å². The second-order valence-electron chi connectivity index (χ2n) is 6.48. The number of hydrogen-bond acceptors (Lipinski definition) is 0. The van der Waals surface area contributed by atoms with Crippen LogP contribution < -0.4 is 9.80 Å². The zero-order chi connectivity index (χ0) is 11.3. The largest absolute Gasteiger partial charge is 0.329 e. The molecule has 4 fully saturated rings. The summed E-state index contributed by atoms with van der Waals surface area (Å²) in [5, 5.41) is 0. The average Bonchev–Trinajstić information content (AvgIpc) is 2.57. The molecule has 0 radical (unpaired) electrons. The Labute approximate surface area is 103 Å². The predicted molar refractivity (Wildman–Crippen MR) is 67.4 cm³/mol. The van der Waals surface area contributed by atoms with Gasteiger partial charge in [-0.15, -0.1) is 0 Å². The van der Waals surface area contributed by atoms with Crippen molar-refractivity contribution < 1.29 is 9.80 Å². The maximum atomic E-state index is 2.37. The Bertz CT molecular complexity index is 398. The highest BCUT2D eigenvalue weighted by molar-refractivity contribution is 5.26. The van der Waals surface area contributed by atoms with Gasteiger partial charge in [0.15, 0.2) is 0 Å². The highest BCUT2D eigenvalue weighted by Gasteiger charge is 2.53. The standard InChI is InChI=1S/C15H20N2/c1-2-4-14(5-3-1)15-8-13-9-16(11-15)6-7-17(10-13)12-15/h1-5,13H,6-12H2/p+2. The first-order chi connectivity index (χ1) is 8.34. The number of piperidine rings is 2. The van der Waals surface area contributed by atoms with E-state index in [1.54, 1.807) is 5.56 Å². The van der Waals surface area contributed by atoms with Crippen LogP contribution in [0.25, 0.3) is 0 Å². The van der Waals surface area contributed by atoms with Crippen LogP contribution in [0.1, 0.15) is 12.0 Å². The van der Waals surface area contributed by atoms with Crippen LogP contribution in [0.5, 0.6) is 0 Å². The van der Waals surface area contributed by atoms with Gasteiger partial charge >= 0.3 is 0 Å². The molecule has 2 unspecified atom stereocenters. The lowest BCUT2D eigenvalue weighted by atomic mass is 9.68. The third-order valence-corrected chi connectivity index (χ3v) is 5.23. The van der Waals surface area contributed by atoms with Crippen LogP contribution >= 0.6 is 0 Å². The lowest BCUT2D eigenvalue weighted by Gasteiger charge is -2.45. The van der Waals surface area contributed by atoms with Gasteiger partial charge in [-0.05, 0) is 12.0 Å². The Morgan fingerprint density at radius 1 is 0.941 bits per heavy atom.